The Hall–Kier alpha value is 0.250. The fraction of sp³-hybridized carbons (Fsp3) is 1.00. The standard InChI is InChI=1S/C13H27ClO/c1-4-5-6-7-8-9-10-11-15-13(14)12(2)3/h12-13H,4-11H2,1-3H3. The Kier molecular flexibility index (Phi) is 10.9. The maximum atomic E-state index is 5.97. The van der Waals surface area contributed by atoms with E-state index in [9.17, 15) is 0 Å². The molecule has 0 amide bonds. The van der Waals surface area contributed by atoms with Crippen molar-refractivity contribution >= 4 is 11.6 Å². The van der Waals surface area contributed by atoms with Gasteiger partial charge < -0.3 is 4.74 Å². The number of rotatable bonds is 10. The van der Waals surface area contributed by atoms with Crippen LogP contribution in [0.3, 0.4) is 0 Å². The number of alkyl halides is 1. The molecular formula is C13H27ClO. The van der Waals surface area contributed by atoms with Gasteiger partial charge in [-0.2, -0.15) is 0 Å². The SMILES string of the molecule is CCCCCCCCCOC(Cl)C(C)C. The van der Waals surface area contributed by atoms with Crippen molar-refractivity contribution in [2.24, 2.45) is 5.92 Å². The minimum atomic E-state index is -0.106. The van der Waals surface area contributed by atoms with Crippen LogP contribution in [0.4, 0.5) is 0 Å². The van der Waals surface area contributed by atoms with Crippen LogP contribution in [0.5, 0.6) is 0 Å². The quantitative estimate of drug-likeness (QED) is 0.383. The molecule has 0 heterocycles. The lowest BCUT2D eigenvalue weighted by molar-refractivity contribution is 0.0754. The van der Waals surface area contributed by atoms with Crippen molar-refractivity contribution in [1.29, 1.82) is 0 Å². The van der Waals surface area contributed by atoms with Crippen molar-refractivity contribution in [3.63, 3.8) is 0 Å². The summed E-state index contributed by atoms with van der Waals surface area (Å²) in [4.78, 5) is 0. The molecule has 0 aliphatic heterocycles. The van der Waals surface area contributed by atoms with Crippen molar-refractivity contribution in [3.8, 4) is 0 Å². The van der Waals surface area contributed by atoms with E-state index >= 15 is 0 Å². The highest BCUT2D eigenvalue weighted by atomic mass is 35.5. The molecule has 0 aromatic carbocycles. The third-order valence-corrected chi connectivity index (χ3v) is 3.18. The van der Waals surface area contributed by atoms with Gasteiger partial charge in [-0.15, -0.1) is 0 Å². The van der Waals surface area contributed by atoms with Crippen LogP contribution in [-0.2, 0) is 4.74 Å². The van der Waals surface area contributed by atoms with Crippen LogP contribution in [-0.4, -0.2) is 12.2 Å². The zero-order chi connectivity index (χ0) is 11.5. The molecule has 0 radical (unpaired) electrons. The van der Waals surface area contributed by atoms with E-state index in [1.807, 2.05) is 0 Å². The zero-order valence-corrected chi connectivity index (χ0v) is 11.4. The van der Waals surface area contributed by atoms with Crippen LogP contribution in [0.1, 0.15) is 65.7 Å². The molecule has 0 saturated carbocycles. The molecule has 0 bridgehead atoms. The Labute approximate surface area is 101 Å². The Balaban J connectivity index is 3.05. The summed E-state index contributed by atoms with van der Waals surface area (Å²) >= 11 is 5.97. The Morgan fingerprint density at radius 1 is 0.933 bits per heavy atom. The molecule has 0 rings (SSSR count). The van der Waals surface area contributed by atoms with Crippen molar-refractivity contribution in [2.75, 3.05) is 6.61 Å². The van der Waals surface area contributed by atoms with E-state index in [0.29, 0.717) is 5.92 Å². The molecule has 2 heteroatoms. The molecule has 0 aliphatic rings. The van der Waals surface area contributed by atoms with E-state index in [1.165, 1.54) is 38.5 Å². The second-order valence-electron chi connectivity index (χ2n) is 4.59. The van der Waals surface area contributed by atoms with Gasteiger partial charge in [-0.3, -0.25) is 0 Å². The lowest BCUT2D eigenvalue weighted by Gasteiger charge is -2.13. The maximum absolute atomic E-state index is 5.97. The molecule has 15 heavy (non-hydrogen) atoms. The minimum Gasteiger partial charge on any atom is -0.362 e. The molecule has 0 spiro atoms. The monoisotopic (exact) mass is 234 g/mol. The normalized spacial score (nSPS) is 13.4. The number of hydrogen-bond donors (Lipinski definition) is 0. The van der Waals surface area contributed by atoms with Gasteiger partial charge in [0.25, 0.3) is 0 Å². The number of ether oxygens (including phenoxy) is 1. The van der Waals surface area contributed by atoms with E-state index in [-0.39, 0.29) is 5.56 Å². The molecule has 0 N–H and O–H groups in total. The molecule has 1 atom stereocenters. The van der Waals surface area contributed by atoms with Crippen molar-refractivity contribution in [3.05, 3.63) is 0 Å². The lowest BCUT2D eigenvalue weighted by Crippen LogP contribution is -2.13. The topological polar surface area (TPSA) is 9.23 Å². The molecule has 0 aliphatic carbocycles. The summed E-state index contributed by atoms with van der Waals surface area (Å²) in [6.45, 7) is 7.24. The van der Waals surface area contributed by atoms with Gasteiger partial charge in [0.05, 0.1) is 0 Å². The maximum Gasteiger partial charge on any atom is 0.133 e. The van der Waals surface area contributed by atoms with Crippen LogP contribution in [0.2, 0.25) is 0 Å². The second kappa shape index (κ2) is 10.8. The van der Waals surface area contributed by atoms with E-state index in [4.69, 9.17) is 16.3 Å². The summed E-state index contributed by atoms with van der Waals surface area (Å²) in [5, 5.41) is 0. The van der Waals surface area contributed by atoms with Gasteiger partial charge in [0.15, 0.2) is 0 Å². The van der Waals surface area contributed by atoms with E-state index in [2.05, 4.69) is 20.8 Å². The highest BCUT2D eigenvalue weighted by Crippen LogP contribution is 2.12. The second-order valence-corrected chi connectivity index (χ2v) is 5.02. The first-order valence-corrected chi connectivity index (χ1v) is 6.87. The predicted octanol–water partition coefficient (Wildman–Crippen LogP) is 4.97. The van der Waals surface area contributed by atoms with Gasteiger partial charge in [-0.05, 0) is 12.3 Å². The first kappa shape index (κ1) is 15.2. The molecular weight excluding hydrogens is 208 g/mol. The smallest absolute Gasteiger partial charge is 0.133 e. The van der Waals surface area contributed by atoms with Gasteiger partial charge in [-0.25, -0.2) is 0 Å². The number of unbranched alkanes of at least 4 members (excludes halogenated alkanes) is 6. The van der Waals surface area contributed by atoms with Gasteiger partial charge in [0, 0.05) is 6.61 Å². The molecule has 1 unspecified atom stereocenters. The first-order chi connectivity index (χ1) is 7.18. The highest BCUT2D eigenvalue weighted by Gasteiger charge is 2.08. The third kappa shape index (κ3) is 10.5. The highest BCUT2D eigenvalue weighted by molar-refractivity contribution is 6.19. The number of halogens is 1. The predicted molar refractivity (Wildman–Crippen MR) is 68.4 cm³/mol. The van der Waals surface area contributed by atoms with Crippen molar-refractivity contribution < 1.29 is 4.74 Å². The van der Waals surface area contributed by atoms with Crippen molar-refractivity contribution in [1.82, 2.24) is 0 Å². The molecule has 0 aromatic heterocycles. The van der Waals surface area contributed by atoms with Crippen molar-refractivity contribution in [2.45, 2.75) is 71.3 Å². The summed E-state index contributed by atoms with van der Waals surface area (Å²) < 4.78 is 5.50. The summed E-state index contributed by atoms with van der Waals surface area (Å²) in [6.07, 6.45) is 9.26. The van der Waals surface area contributed by atoms with Gasteiger partial charge >= 0.3 is 0 Å². The Bertz CT molecular complexity index is 126. The average Bonchev–Trinajstić information content (AvgIpc) is 2.21. The van der Waals surface area contributed by atoms with Crippen LogP contribution in [0.15, 0.2) is 0 Å². The summed E-state index contributed by atoms with van der Waals surface area (Å²) in [5.41, 5.74) is -0.106. The summed E-state index contributed by atoms with van der Waals surface area (Å²) in [6, 6.07) is 0. The van der Waals surface area contributed by atoms with Crippen LogP contribution in [0.25, 0.3) is 0 Å². The lowest BCUT2D eigenvalue weighted by atomic mass is 10.1. The first-order valence-electron chi connectivity index (χ1n) is 6.44. The zero-order valence-electron chi connectivity index (χ0n) is 10.6. The van der Waals surface area contributed by atoms with Crippen LogP contribution >= 0.6 is 11.6 Å². The fourth-order valence-corrected chi connectivity index (χ4v) is 1.54. The van der Waals surface area contributed by atoms with Gasteiger partial charge in [0.2, 0.25) is 0 Å². The minimum absolute atomic E-state index is 0.106. The Morgan fingerprint density at radius 3 is 2.00 bits per heavy atom. The largest absolute Gasteiger partial charge is 0.362 e. The fourth-order valence-electron chi connectivity index (χ4n) is 1.45. The molecule has 0 fully saturated rings. The van der Waals surface area contributed by atoms with Crippen LogP contribution in [0, 0.1) is 5.92 Å². The average molecular weight is 235 g/mol. The molecule has 0 aromatic rings. The van der Waals surface area contributed by atoms with Gasteiger partial charge in [0.1, 0.15) is 5.56 Å². The summed E-state index contributed by atoms with van der Waals surface area (Å²) in [7, 11) is 0. The van der Waals surface area contributed by atoms with E-state index in [1.54, 1.807) is 0 Å². The van der Waals surface area contributed by atoms with Gasteiger partial charge in [-0.1, -0.05) is 70.9 Å². The molecule has 0 saturated heterocycles. The van der Waals surface area contributed by atoms with E-state index in [0.717, 1.165) is 13.0 Å². The number of hydrogen-bond acceptors (Lipinski definition) is 1. The molecule has 1 nitrogen and oxygen atoms in total. The Morgan fingerprint density at radius 2 is 1.47 bits per heavy atom. The molecule has 92 valence electrons. The van der Waals surface area contributed by atoms with Crippen LogP contribution < -0.4 is 0 Å². The van der Waals surface area contributed by atoms with E-state index < -0.39 is 0 Å². The summed E-state index contributed by atoms with van der Waals surface area (Å²) in [5.74, 6) is 0.413. The third-order valence-electron chi connectivity index (χ3n) is 2.55.